The summed E-state index contributed by atoms with van der Waals surface area (Å²) >= 11 is 0. The van der Waals surface area contributed by atoms with Crippen LogP contribution >= 0.6 is 0 Å². The van der Waals surface area contributed by atoms with Gasteiger partial charge in [-0.2, -0.15) is 0 Å². The second-order valence-electron chi connectivity index (χ2n) is 24.1. The van der Waals surface area contributed by atoms with Gasteiger partial charge in [-0.3, -0.25) is 0 Å². The van der Waals surface area contributed by atoms with Crippen LogP contribution in [0, 0.1) is 0 Å². The molecule has 4 heteroatoms. The molecule has 0 amide bonds. The van der Waals surface area contributed by atoms with Crippen LogP contribution in [0.25, 0.3) is 11.1 Å². The maximum absolute atomic E-state index is 2.78. The smallest absolute Gasteiger partial charge is 0.252 e. The van der Waals surface area contributed by atoms with Crippen LogP contribution in [-0.4, -0.2) is 12.3 Å². The predicted octanol–water partition coefficient (Wildman–Crippen LogP) is 15.9. The fraction of sp³-hybridized carbons (Fsp3) is 0.344. The quantitative estimate of drug-likeness (QED) is 0.163. The predicted molar refractivity (Wildman–Crippen MR) is 294 cm³/mol. The van der Waals surface area contributed by atoms with Gasteiger partial charge in [-0.25, -0.2) is 0 Å². The molecule has 4 aliphatic rings. The van der Waals surface area contributed by atoms with Crippen molar-refractivity contribution in [2.75, 3.05) is 14.7 Å². The van der Waals surface area contributed by atoms with E-state index in [0.29, 0.717) is 0 Å². The molecule has 3 aliphatic heterocycles. The molecular formula is C64H70BN3. The lowest BCUT2D eigenvalue weighted by Gasteiger charge is -2.49. The van der Waals surface area contributed by atoms with Crippen molar-refractivity contribution in [1.29, 1.82) is 0 Å². The molecule has 2 atom stereocenters. The standard InChI is InChI=1S/C64H70BN3/c1-60(2,3)44-29-32-47(33-30-44)66-56-42-48(68-54-27-19-17-25-50(54)63(10)37-21-12-13-22-38-64(63,68)11)34-35-52(56)65-51-26-18-20-28-55(51)67(58-41-46(62(7,8)9)40-57(66)59(58)65)53-36-31-45(61(4,5)6)39-49(53)43-23-15-14-16-24-43/h14-20,23-36,39-42H,12-13,21-22,37-38H2,1-11H3. The van der Waals surface area contributed by atoms with Crippen molar-refractivity contribution >= 4 is 68.6 Å². The van der Waals surface area contributed by atoms with Crippen LogP contribution in [0.4, 0.5) is 45.5 Å². The summed E-state index contributed by atoms with van der Waals surface area (Å²) < 4.78 is 0. The molecule has 344 valence electrons. The third-order valence-electron chi connectivity index (χ3n) is 16.8. The molecule has 1 saturated carbocycles. The van der Waals surface area contributed by atoms with Gasteiger partial charge in [-0.1, -0.05) is 186 Å². The van der Waals surface area contributed by atoms with Crippen LogP contribution < -0.4 is 31.1 Å². The van der Waals surface area contributed by atoms with E-state index < -0.39 is 0 Å². The molecular weight excluding hydrogens is 822 g/mol. The summed E-state index contributed by atoms with van der Waals surface area (Å²) in [7, 11) is 0. The Balaban J connectivity index is 1.21. The van der Waals surface area contributed by atoms with Gasteiger partial charge < -0.3 is 14.7 Å². The molecule has 0 aromatic heterocycles. The topological polar surface area (TPSA) is 9.72 Å². The van der Waals surface area contributed by atoms with E-state index in [0.717, 1.165) is 0 Å². The first kappa shape index (κ1) is 44.5. The van der Waals surface area contributed by atoms with E-state index in [9.17, 15) is 0 Å². The van der Waals surface area contributed by atoms with Crippen molar-refractivity contribution in [3.8, 4) is 11.1 Å². The molecule has 0 bridgehead atoms. The summed E-state index contributed by atoms with van der Waals surface area (Å²) in [5.74, 6) is 0. The minimum atomic E-state index is -0.123. The van der Waals surface area contributed by atoms with Crippen LogP contribution in [-0.2, 0) is 21.7 Å². The molecule has 1 fully saturated rings. The zero-order chi connectivity index (χ0) is 47.5. The van der Waals surface area contributed by atoms with Gasteiger partial charge >= 0.3 is 0 Å². The molecule has 68 heavy (non-hydrogen) atoms. The minimum Gasteiger partial charge on any atom is -0.334 e. The van der Waals surface area contributed by atoms with Gasteiger partial charge in [0.2, 0.25) is 0 Å². The summed E-state index contributed by atoms with van der Waals surface area (Å²) in [5.41, 5.74) is 22.0. The molecule has 11 rings (SSSR count). The first-order valence-electron chi connectivity index (χ1n) is 25.6. The van der Waals surface area contributed by atoms with E-state index in [1.54, 1.807) is 0 Å². The highest BCUT2D eigenvalue weighted by atomic mass is 15.3. The number of anilines is 8. The van der Waals surface area contributed by atoms with Crippen molar-refractivity contribution in [3.05, 3.63) is 174 Å². The molecule has 3 nitrogen and oxygen atoms in total. The SMILES string of the molecule is CC(C)(C)c1ccc(N2c3cc(N4c5ccccc5C5(C)CCCCCCC45C)ccc3B3c4ccccc4N(c4ccc(C(C)(C)C)cc4-c4ccccc4)c4cc(C(C)(C)C)cc2c43)cc1. The Morgan fingerprint density at radius 1 is 0.426 bits per heavy atom. The summed E-state index contributed by atoms with van der Waals surface area (Å²) in [4.78, 5) is 8.04. The normalized spacial score (nSPS) is 19.9. The number of rotatable bonds is 4. The molecule has 7 aromatic rings. The zero-order valence-electron chi connectivity index (χ0n) is 42.6. The van der Waals surface area contributed by atoms with Crippen molar-refractivity contribution < 1.29 is 0 Å². The third kappa shape index (κ3) is 6.90. The highest BCUT2D eigenvalue weighted by Gasteiger charge is 2.56. The second kappa shape index (κ2) is 15.8. The van der Waals surface area contributed by atoms with E-state index in [1.165, 1.54) is 134 Å². The number of para-hydroxylation sites is 2. The molecule has 1 aliphatic carbocycles. The molecule has 0 spiro atoms. The number of nitrogens with zero attached hydrogens (tertiary/aromatic N) is 3. The molecule has 0 N–H and O–H groups in total. The van der Waals surface area contributed by atoms with Crippen LogP contribution in [0.2, 0.25) is 0 Å². The number of fused-ring (bicyclic) bond motifs is 7. The number of hydrogen-bond acceptors (Lipinski definition) is 3. The van der Waals surface area contributed by atoms with Crippen LogP contribution in [0.15, 0.2) is 152 Å². The van der Waals surface area contributed by atoms with Crippen molar-refractivity contribution in [2.24, 2.45) is 0 Å². The molecule has 2 unspecified atom stereocenters. The van der Waals surface area contributed by atoms with E-state index >= 15 is 0 Å². The van der Waals surface area contributed by atoms with Crippen LogP contribution in [0.5, 0.6) is 0 Å². The highest BCUT2D eigenvalue weighted by Crippen LogP contribution is 2.60. The van der Waals surface area contributed by atoms with Crippen molar-refractivity contribution in [1.82, 2.24) is 0 Å². The average Bonchev–Trinajstić information content (AvgIpc) is 3.49. The first-order chi connectivity index (χ1) is 32.4. The van der Waals surface area contributed by atoms with Crippen molar-refractivity contribution in [3.63, 3.8) is 0 Å². The van der Waals surface area contributed by atoms with Gasteiger partial charge in [0.25, 0.3) is 6.71 Å². The van der Waals surface area contributed by atoms with E-state index in [1.807, 2.05) is 0 Å². The average molecular weight is 892 g/mol. The largest absolute Gasteiger partial charge is 0.334 e. The maximum Gasteiger partial charge on any atom is 0.252 e. The Morgan fingerprint density at radius 2 is 1.00 bits per heavy atom. The Bertz CT molecular complexity index is 3070. The van der Waals surface area contributed by atoms with Gasteiger partial charge in [-0.05, 0) is 141 Å². The molecule has 7 aromatic carbocycles. The van der Waals surface area contributed by atoms with Gasteiger partial charge in [0, 0.05) is 50.8 Å². The Kier molecular flexibility index (Phi) is 10.3. The summed E-state index contributed by atoms with van der Waals surface area (Å²) in [6.45, 7) is 26.3. The van der Waals surface area contributed by atoms with Gasteiger partial charge in [0.1, 0.15) is 0 Å². The van der Waals surface area contributed by atoms with Gasteiger partial charge in [0.05, 0.1) is 11.2 Å². The van der Waals surface area contributed by atoms with Gasteiger partial charge in [0.15, 0.2) is 0 Å². The van der Waals surface area contributed by atoms with Gasteiger partial charge in [-0.15, -0.1) is 0 Å². The van der Waals surface area contributed by atoms with E-state index in [2.05, 4.69) is 243 Å². The number of hydrogen-bond donors (Lipinski definition) is 0. The lowest BCUT2D eigenvalue weighted by atomic mass is 9.33. The molecule has 0 saturated heterocycles. The Morgan fingerprint density at radius 3 is 1.69 bits per heavy atom. The first-order valence-corrected chi connectivity index (χ1v) is 25.6. The van der Waals surface area contributed by atoms with Crippen molar-refractivity contribution in [2.45, 2.75) is 142 Å². The van der Waals surface area contributed by atoms with E-state index in [-0.39, 0.29) is 33.9 Å². The number of benzene rings is 7. The lowest BCUT2D eigenvalue weighted by Crippen LogP contribution is -2.61. The summed E-state index contributed by atoms with van der Waals surface area (Å²) in [6, 6.07) is 59.1. The fourth-order valence-corrected chi connectivity index (χ4v) is 12.7. The zero-order valence-corrected chi connectivity index (χ0v) is 42.6. The van der Waals surface area contributed by atoms with Crippen LogP contribution in [0.1, 0.15) is 137 Å². The lowest BCUT2D eigenvalue weighted by molar-refractivity contribution is 0.218. The Labute approximate surface area is 408 Å². The maximum atomic E-state index is 2.78. The fourth-order valence-electron chi connectivity index (χ4n) is 12.7. The monoisotopic (exact) mass is 892 g/mol. The summed E-state index contributed by atoms with van der Waals surface area (Å²) in [5, 5.41) is 0. The minimum absolute atomic E-state index is 0.00736. The van der Waals surface area contributed by atoms with Crippen LogP contribution in [0.3, 0.4) is 0 Å². The second-order valence-corrected chi connectivity index (χ2v) is 24.1. The summed E-state index contributed by atoms with van der Waals surface area (Å²) in [6.07, 6.45) is 7.53. The van der Waals surface area contributed by atoms with E-state index in [4.69, 9.17) is 0 Å². The third-order valence-corrected chi connectivity index (χ3v) is 16.8. The Hall–Kier alpha value is -6.00. The molecule has 0 radical (unpaired) electrons. The highest BCUT2D eigenvalue weighted by molar-refractivity contribution is 7.00. The molecule has 3 heterocycles.